The topological polar surface area (TPSA) is 3.24 Å². The molecule has 0 radical (unpaired) electrons. The molecule has 1 aromatic rings. The van der Waals surface area contributed by atoms with E-state index in [-0.39, 0.29) is 0 Å². The summed E-state index contributed by atoms with van der Waals surface area (Å²) in [5.74, 6) is 0. The minimum atomic E-state index is 1.05. The highest BCUT2D eigenvalue weighted by atomic mass is 127. The Balaban J connectivity index is 2.92. The molecule has 0 saturated heterocycles. The highest BCUT2D eigenvalue weighted by molar-refractivity contribution is 14.1. The highest BCUT2D eigenvalue weighted by Gasteiger charge is 2.00. The Bertz CT molecular complexity index is 327. The first kappa shape index (κ1) is 12.6. The third kappa shape index (κ3) is 3.86. The van der Waals surface area contributed by atoms with Crippen LogP contribution in [0.15, 0.2) is 30.5 Å². The summed E-state index contributed by atoms with van der Waals surface area (Å²) in [6.45, 7) is 5.33. The normalized spacial score (nSPS) is 11.6. The molecule has 1 nitrogen and oxygen atoms in total. The Morgan fingerprint density at radius 1 is 1.33 bits per heavy atom. The predicted molar refractivity (Wildman–Crippen MR) is 76.3 cm³/mol. The molecule has 0 bridgehead atoms. The molecule has 1 rings (SSSR count). The molecule has 2 heteroatoms. The number of allylic oxidation sites excluding steroid dienone is 1. The molecule has 0 unspecified atom stereocenters. The molecular weight excluding hydrogens is 297 g/mol. The minimum Gasteiger partial charge on any atom is -0.380 e. The van der Waals surface area contributed by atoms with Crippen LogP contribution in [0.25, 0.3) is 5.57 Å². The van der Waals surface area contributed by atoms with Crippen molar-refractivity contribution in [2.45, 2.75) is 13.8 Å². The summed E-state index contributed by atoms with van der Waals surface area (Å²) in [4.78, 5) is 2.22. The molecule has 82 valence electrons. The zero-order valence-electron chi connectivity index (χ0n) is 9.63. The van der Waals surface area contributed by atoms with Crippen molar-refractivity contribution in [3.8, 4) is 0 Å². The molecule has 15 heavy (non-hydrogen) atoms. The van der Waals surface area contributed by atoms with Crippen molar-refractivity contribution in [1.82, 2.24) is 4.90 Å². The van der Waals surface area contributed by atoms with Crippen LogP contribution in [-0.4, -0.2) is 22.9 Å². The van der Waals surface area contributed by atoms with Gasteiger partial charge in [-0.3, -0.25) is 0 Å². The number of hydrogen-bond donors (Lipinski definition) is 0. The summed E-state index contributed by atoms with van der Waals surface area (Å²) in [5.41, 5.74) is 4.03. The summed E-state index contributed by atoms with van der Waals surface area (Å²) in [6.07, 6.45) is 2.23. The Labute approximate surface area is 106 Å². The van der Waals surface area contributed by atoms with Gasteiger partial charge >= 0.3 is 0 Å². The van der Waals surface area contributed by atoms with Gasteiger partial charge in [-0.1, -0.05) is 52.4 Å². The summed E-state index contributed by atoms with van der Waals surface area (Å²) in [5, 5.41) is 0. The fraction of sp³-hybridized carbons (Fsp3) is 0.385. The van der Waals surface area contributed by atoms with Crippen LogP contribution in [-0.2, 0) is 0 Å². The number of halogens is 1. The molecule has 0 amide bonds. The Morgan fingerprint density at radius 2 is 1.93 bits per heavy atom. The number of rotatable bonds is 4. The average Bonchev–Trinajstić information content (AvgIpc) is 2.27. The van der Waals surface area contributed by atoms with E-state index in [0.717, 1.165) is 11.0 Å². The molecule has 1 aromatic carbocycles. The number of nitrogens with zero attached hydrogens (tertiary/aromatic N) is 1. The number of benzene rings is 1. The molecule has 0 aliphatic heterocycles. The van der Waals surface area contributed by atoms with Crippen molar-refractivity contribution in [3.05, 3.63) is 41.6 Å². The lowest BCUT2D eigenvalue weighted by Crippen LogP contribution is -2.10. The second kappa shape index (κ2) is 6.16. The molecule has 0 aliphatic carbocycles. The number of aryl methyl sites for hydroxylation is 1. The van der Waals surface area contributed by atoms with Crippen LogP contribution in [0.3, 0.4) is 0 Å². The smallest absolute Gasteiger partial charge is 0.0267 e. The van der Waals surface area contributed by atoms with Crippen molar-refractivity contribution < 1.29 is 0 Å². The lowest BCUT2D eigenvalue weighted by molar-refractivity contribution is 0.485. The van der Waals surface area contributed by atoms with Crippen molar-refractivity contribution in [2.75, 3.05) is 18.0 Å². The van der Waals surface area contributed by atoms with Gasteiger partial charge in [0.1, 0.15) is 0 Å². The highest BCUT2D eigenvalue weighted by Crippen LogP contribution is 2.18. The predicted octanol–water partition coefficient (Wildman–Crippen LogP) is 3.72. The minimum absolute atomic E-state index is 1.05. The molecule has 0 fully saturated rings. The van der Waals surface area contributed by atoms with Gasteiger partial charge in [-0.25, -0.2) is 0 Å². The van der Waals surface area contributed by atoms with Gasteiger partial charge in [0.25, 0.3) is 0 Å². The zero-order valence-corrected chi connectivity index (χ0v) is 11.8. The molecular formula is C13H18IN. The fourth-order valence-electron chi connectivity index (χ4n) is 1.31. The van der Waals surface area contributed by atoms with E-state index in [1.54, 1.807) is 0 Å². The van der Waals surface area contributed by atoms with Gasteiger partial charge in [-0.15, -0.1) is 0 Å². The van der Waals surface area contributed by atoms with Gasteiger partial charge in [0, 0.05) is 24.2 Å². The largest absolute Gasteiger partial charge is 0.380 e. The third-order valence-electron chi connectivity index (χ3n) is 2.44. The van der Waals surface area contributed by atoms with E-state index in [4.69, 9.17) is 0 Å². The summed E-state index contributed by atoms with van der Waals surface area (Å²) in [7, 11) is 2.11. The molecule has 0 N–H and O–H groups in total. The van der Waals surface area contributed by atoms with Gasteiger partial charge in [0.15, 0.2) is 0 Å². The summed E-state index contributed by atoms with van der Waals surface area (Å²) < 4.78 is 1.05. The first-order chi connectivity index (χ1) is 7.17. The van der Waals surface area contributed by atoms with Gasteiger partial charge in [-0.05, 0) is 25.0 Å². The molecule has 0 atom stereocenters. The Hall–Kier alpha value is -0.510. The van der Waals surface area contributed by atoms with Crippen LogP contribution in [0.5, 0.6) is 0 Å². The van der Waals surface area contributed by atoms with Gasteiger partial charge < -0.3 is 4.90 Å². The maximum atomic E-state index is 2.42. The third-order valence-corrected chi connectivity index (χ3v) is 3.26. The van der Waals surface area contributed by atoms with E-state index in [9.17, 15) is 0 Å². The van der Waals surface area contributed by atoms with E-state index in [0.29, 0.717) is 0 Å². The second-order valence-corrected chi connectivity index (χ2v) is 4.49. The first-order valence-corrected chi connectivity index (χ1v) is 6.74. The van der Waals surface area contributed by atoms with Crippen LogP contribution in [0.1, 0.15) is 18.1 Å². The van der Waals surface area contributed by atoms with Crippen LogP contribution in [0.4, 0.5) is 0 Å². The average molecular weight is 315 g/mol. The summed E-state index contributed by atoms with van der Waals surface area (Å²) in [6, 6.07) is 8.73. The van der Waals surface area contributed by atoms with Gasteiger partial charge in [0.05, 0.1) is 0 Å². The maximum Gasteiger partial charge on any atom is 0.0267 e. The Morgan fingerprint density at radius 3 is 2.40 bits per heavy atom. The van der Waals surface area contributed by atoms with Crippen LogP contribution in [0.2, 0.25) is 0 Å². The van der Waals surface area contributed by atoms with Gasteiger partial charge in [0.2, 0.25) is 0 Å². The van der Waals surface area contributed by atoms with E-state index >= 15 is 0 Å². The number of hydrogen-bond acceptors (Lipinski definition) is 1. The molecule has 0 spiro atoms. The van der Waals surface area contributed by atoms with E-state index in [1.165, 1.54) is 16.7 Å². The number of alkyl halides is 1. The lowest BCUT2D eigenvalue weighted by atomic mass is 10.1. The monoisotopic (exact) mass is 315 g/mol. The van der Waals surface area contributed by atoms with E-state index in [1.807, 2.05) is 0 Å². The SMILES string of the molecule is CCN(C)/C=C(\CI)c1ccc(C)cc1. The van der Waals surface area contributed by atoms with Crippen molar-refractivity contribution in [2.24, 2.45) is 0 Å². The molecule has 0 saturated carbocycles. The van der Waals surface area contributed by atoms with Crippen molar-refractivity contribution in [1.29, 1.82) is 0 Å². The quantitative estimate of drug-likeness (QED) is 0.604. The maximum absolute atomic E-state index is 2.42. The van der Waals surface area contributed by atoms with Crippen LogP contribution >= 0.6 is 22.6 Å². The van der Waals surface area contributed by atoms with E-state index < -0.39 is 0 Å². The second-order valence-electron chi connectivity index (χ2n) is 3.73. The van der Waals surface area contributed by atoms with Crippen molar-refractivity contribution >= 4 is 28.2 Å². The Kier molecular flexibility index (Phi) is 5.15. The van der Waals surface area contributed by atoms with Gasteiger partial charge in [-0.2, -0.15) is 0 Å². The molecule has 0 aromatic heterocycles. The van der Waals surface area contributed by atoms with Crippen LogP contribution < -0.4 is 0 Å². The molecule has 0 heterocycles. The van der Waals surface area contributed by atoms with Crippen molar-refractivity contribution in [3.63, 3.8) is 0 Å². The molecule has 0 aliphatic rings. The lowest BCUT2D eigenvalue weighted by Gasteiger charge is -2.13. The first-order valence-electron chi connectivity index (χ1n) is 5.21. The zero-order chi connectivity index (χ0) is 11.3. The van der Waals surface area contributed by atoms with E-state index in [2.05, 4.69) is 78.9 Å². The standard InChI is InChI=1S/C13H18IN/c1-4-15(3)10-13(9-14)12-7-5-11(2)6-8-12/h5-8,10H,4,9H2,1-3H3/b13-10+. The van der Waals surface area contributed by atoms with Crippen LogP contribution in [0, 0.1) is 6.92 Å². The summed E-state index contributed by atoms with van der Waals surface area (Å²) >= 11 is 2.42. The fourth-order valence-corrected chi connectivity index (χ4v) is 1.95.